The summed E-state index contributed by atoms with van der Waals surface area (Å²) in [6.07, 6.45) is 1.51. The van der Waals surface area contributed by atoms with E-state index >= 15 is 0 Å². The highest BCUT2D eigenvalue weighted by Crippen LogP contribution is 2.21. The van der Waals surface area contributed by atoms with Gasteiger partial charge in [0.05, 0.1) is 12.2 Å². The van der Waals surface area contributed by atoms with E-state index in [1.54, 1.807) is 4.68 Å². The van der Waals surface area contributed by atoms with Crippen LogP contribution in [0, 0.1) is 17.2 Å². The first-order chi connectivity index (χ1) is 6.07. The molecular weight excluding hydrogens is 164 g/mol. The van der Waals surface area contributed by atoms with Gasteiger partial charge in [0.1, 0.15) is 17.5 Å². The zero-order chi connectivity index (χ0) is 10.0. The van der Waals surface area contributed by atoms with E-state index in [2.05, 4.69) is 18.9 Å². The van der Waals surface area contributed by atoms with Crippen LogP contribution < -0.4 is 5.73 Å². The molecule has 0 aromatic carbocycles. The third kappa shape index (κ3) is 1.64. The fraction of sp³-hybridized carbons (Fsp3) is 0.556. The van der Waals surface area contributed by atoms with Gasteiger partial charge in [0.15, 0.2) is 0 Å². The second kappa shape index (κ2) is 3.48. The van der Waals surface area contributed by atoms with Crippen molar-refractivity contribution in [3.05, 3.63) is 11.8 Å². The van der Waals surface area contributed by atoms with Crippen LogP contribution in [0.15, 0.2) is 6.20 Å². The van der Waals surface area contributed by atoms with Crippen molar-refractivity contribution >= 4 is 5.82 Å². The van der Waals surface area contributed by atoms with Crippen molar-refractivity contribution in [3.63, 3.8) is 0 Å². The minimum Gasteiger partial charge on any atom is -0.383 e. The number of aromatic nitrogens is 2. The maximum absolute atomic E-state index is 8.67. The second-order valence-electron chi connectivity index (χ2n) is 3.48. The maximum Gasteiger partial charge on any atom is 0.140 e. The van der Waals surface area contributed by atoms with Crippen LogP contribution in [0.2, 0.25) is 0 Å². The molecule has 1 rings (SSSR count). The Hall–Kier alpha value is -1.50. The van der Waals surface area contributed by atoms with Crippen LogP contribution in [0.1, 0.15) is 32.4 Å². The third-order valence-corrected chi connectivity index (χ3v) is 2.31. The zero-order valence-corrected chi connectivity index (χ0v) is 8.15. The van der Waals surface area contributed by atoms with Crippen LogP contribution in [-0.4, -0.2) is 9.78 Å². The van der Waals surface area contributed by atoms with Gasteiger partial charge in [0.2, 0.25) is 0 Å². The largest absolute Gasteiger partial charge is 0.383 e. The fourth-order valence-electron chi connectivity index (χ4n) is 1.06. The van der Waals surface area contributed by atoms with E-state index in [9.17, 15) is 0 Å². The van der Waals surface area contributed by atoms with Crippen LogP contribution in [0.5, 0.6) is 0 Å². The van der Waals surface area contributed by atoms with Crippen molar-refractivity contribution in [1.29, 1.82) is 5.26 Å². The van der Waals surface area contributed by atoms with Crippen molar-refractivity contribution in [3.8, 4) is 6.07 Å². The molecule has 2 N–H and O–H groups in total. The molecule has 0 aliphatic heterocycles. The number of anilines is 1. The molecule has 4 heteroatoms. The van der Waals surface area contributed by atoms with Gasteiger partial charge in [0.25, 0.3) is 0 Å². The SMILES string of the molecule is CC(C)C(C)n1ncc(C#N)c1N. The topological polar surface area (TPSA) is 67.6 Å². The monoisotopic (exact) mass is 178 g/mol. The van der Waals surface area contributed by atoms with Gasteiger partial charge < -0.3 is 5.73 Å². The molecule has 0 spiro atoms. The minimum atomic E-state index is 0.224. The van der Waals surface area contributed by atoms with E-state index in [4.69, 9.17) is 11.0 Å². The summed E-state index contributed by atoms with van der Waals surface area (Å²) in [7, 11) is 0. The molecule has 70 valence electrons. The Balaban J connectivity index is 3.04. The summed E-state index contributed by atoms with van der Waals surface area (Å²) in [6.45, 7) is 6.23. The molecule has 0 aliphatic carbocycles. The Morgan fingerprint density at radius 1 is 1.54 bits per heavy atom. The standard InChI is InChI=1S/C9H14N4/c1-6(2)7(3)13-9(11)8(4-10)5-12-13/h5-7H,11H2,1-3H3. The summed E-state index contributed by atoms with van der Waals surface area (Å²) in [5.74, 6) is 0.914. The smallest absolute Gasteiger partial charge is 0.140 e. The van der Waals surface area contributed by atoms with Crippen LogP contribution in [-0.2, 0) is 0 Å². The van der Waals surface area contributed by atoms with Gasteiger partial charge in [-0.1, -0.05) is 13.8 Å². The molecule has 13 heavy (non-hydrogen) atoms. The Bertz CT molecular complexity index is 332. The lowest BCUT2D eigenvalue weighted by molar-refractivity contribution is 0.380. The predicted octanol–water partition coefficient (Wildman–Crippen LogP) is 1.55. The summed E-state index contributed by atoms with van der Waals surface area (Å²) in [4.78, 5) is 0. The number of rotatable bonds is 2. The summed E-state index contributed by atoms with van der Waals surface area (Å²) >= 11 is 0. The van der Waals surface area contributed by atoms with Crippen LogP contribution in [0.3, 0.4) is 0 Å². The molecule has 1 aromatic rings. The lowest BCUT2D eigenvalue weighted by atomic mass is 10.1. The van der Waals surface area contributed by atoms with Crippen molar-refractivity contribution in [1.82, 2.24) is 9.78 Å². The van der Waals surface area contributed by atoms with Crippen molar-refractivity contribution in [2.45, 2.75) is 26.8 Å². The molecule has 1 heterocycles. The number of nitrogens with zero attached hydrogens (tertiary/aromatic N) is 3. The maximum atomic E-state index is 8.67. The highest BCUT2D eigenvalue weighted by molar-refractivity contribution is 5.47. The van der Waals surface area contributed by atoms with Gasteiger partial charge >= 0.3 is 0 Å². The average molecular weight is 178 g/mol. The first-order valence-corrected chi connectivity index (χ1v) is 4.31. The Morgan fingerprint density at radius 3 is 2.54 bits per heavy atom. The molecule has 0 bridgehead atoms. The molecule has 0 amide bonds. The van der Waals surface area contributed by atoms with E-state index in [1.807, 2.05) is 13.0 Å². The molecular formula is C9H14N4. The first kappa shape index (κ1) is 9.59. The quantitative estimate of drug-likeness (QED) is 0.747. The van der Waals surface area contributed by atoms with Crippen molar-refractivity contribution in [2.75, 3.05) is 5.73 Å². The molecule has 1 aromatic heterocycles. The number of hydrogen-bond donors (Lipinski definition) is 1. The highest BCUT2D eigenvalue weighted by atomic mass is 15.3. The Morgan fingerprint density at radius 2 is 2.15 bits per heavy atom. The summed E-state index contributed by atoms with van der Waals surface area (Å²) in [5.41, 5.74) is 6.18. The normalized spacial score (nSPS) is 12.8. The Labute approximate surface area is 78.0 Å². The number of nitriles is 1. The summed E-state index contributed by atoms with van der Waals surface area (Å²) < 4.78 is 1.70. The number of nitrogens with two attached hydrogens (primary N) is 1. The molecule has 1 atom stereocenters. The van der Waals surface area contributed by atoms with Crippen LogP contribution in [0.4, 0.5) is 5.82 Å². The molecule has 0 saturated carbocycles. The van der Waals surface area contributed by atoms with Gasteiger partial charge in [-0.05, 0) is 12.8 Å². The van der Waals surface area contributed by atoms with E-state index in [0.29, 0.717) is 17.3 Å². The molecule has 1 unspecified atom stereocenters. The van der Waals surface area contributed by atoms with E-state index < -0.39 is 0 Å². The predicted molar refractivity (Wildman–Crippen MR) is 50.9 cm³/mol. The van der Waals surface area contributed by atoms with Crippen LogP contribution in [0.25, 0.3) is 0 Å². The van der Waals surface area contributed by atoms with Gasteiger partial charge in [0, 0.05) is 0 Å². The van der Waals surface area contributed by atoms with Gasteiger partial charge in [-0.3, -0.25) is 0 Å². The average Bonchev–Trinajstić information content (AvgIpc) is 2.45. The molecule has 0 saturated heterocycles. The lowest BCUT2D eigenvalue weighted by Crippen LogP contribution is -2.15. The van der Waals surface area contributed by atoms with Crippen molar-refractivity contribution < 1.29 is 0 Å². The molecule has 4 nitrogen and oxygen atoms in total. The number of hydrogen-bond acceptors (Lipinski definition) is 3. The first-order valence-electron chi connectivity index (χ1n) is 4.31. The van der Waals surface area contributed by atoms with E-state index in [0.717, 1.165) is 0 Å². The Kier molecular flexibility index (Phi) is 2.57. The lowest BCUT2D eigenvalue weighted by Gasteiger charge is -2.17. The molecule has 0 aliphatic rings. The van der Waals surface area contributed by atoms with E-state index in [1.165, 1.54) is 6.20 Å². The molecule has 0 fully saturated rings. The highest BCUT2D eigenvalue weighted by Gasteiger charge is 2.15. The van der Waals surface area contributed by atoms with E-state index in [-0.39, 0.29) is 6.04 Å². The second-order valence-corrected chi connectivity index (χ2v) is 3.48. The fourth-order valence-corrected chi connectivity index (χ4v) is 1.06. The van der Waals surface area contributed by atoms with Gasteiger partial charge in [-0.25, -0.2) is 4.68 Å². The van der Waals surface area contributed by atoms with Crippen molar-refractivity contribution in [2.24, 2.45) is 5.92 Å². The minimum absolute atomic E-state index is 0.224. The van der Waals surface area contributed by atoms with Crippen LogP contribution >= 0.6 is 0 Å². The summed E-state index contributed by atoms with van der Waals surface area (Å²) in [6, 6.07) is 2.23. The zero-order valence-electron chi connectivity index (χ0n) is 8.15. The van der Waals surface area contributed by atoms with Gasteiger partial charge in [-0.2, -0.15) is 10.4 Å². The number of nitrogen functional groups attached to an aromatic ring is 1. The third-order valence-electron chi connectivity index (χ3n) is 2.31. The summed E-state index contributed by atoms with van der Waals surface area (Å²) in [5, 5.41) is 12.7. The van der Waals surface area contributed by atoms with Gasteiger partial charge in [-0.15, -0.1) is 0 Å². The molecule has 0 radical (unpaired) electrons.